The molecule has 170 valence electrons. The van der Waals surface area contributed by atoms with Crippen LogP contribution in [-0.4, -0.2) is 41.7 Å². The van der Waals surface area contributed by atoms with Gasteiger partial charge in [0, 0.05) is 13.1 Å². The Hall–Kier alpha value is -2.42. The third-order valence-electron chi connectivity index (χ3n) is 5.64. The van der Waals surface area contributed by atoms with Crippen LogP contribution >= 0.6 is 11.6 Å². The summed E-state index contributed by atoms with van der Waals surface area (Å²) in [5.41, 5.74) is 1.85. The second-order valence-electron chi connectivity index (χ2n) is 8.55. The molecule has 7 nitrogen and oxygen atoms in total. The van der Waals surface area contributed by atoms with Crippen LogP contribution in [0.3, 0.4) is 0 Å². The molecule has 1 aromatic heterocycles. The van der Waals surface area contributed by atoms with Gasteiger partial charge in [0.2, 0.25) is 10.0 Å². The van der Waals surface area contributed by atoms with Gasteiger partial charge < -0.3 is 10.3 Å². The molecule has 3 aromatic rings. The Kier molecular flexibility index (Phi) is 6.55. The van der Waals surface area contributed by atoms with E-state index in [2.05, 4.69) is 29.1 Å². The highest BCUT2D eigenvalue weighted by Gasteiger charge is 2.29. The zero-order valence-corrected chi connectivity index (χ0v) is 19.7. The normalized spacial score (nSPS) is 16.0. The zero-order chi connectivity index (χ0) is 22.9. The fourth-order valence-electron chi connectivity index (χ4n) is 4.00. The van der Waals surface area contributed by atoms with Crippen LogP contribution in [0.5, 0.6) is 0 Å². The van der Waals surface area contributed by atoms with Gasteiger partial charge in [0.15, 0.2) is 0 Å². The maximum atomic E-state index is 13.2. The summed E-state index contributed by atoms with van der Waals surface area (Å²) >= 11 is 6.31. The largest absolute Gasteiger partial charge is 0.342 e. The molecule has 1 amide bonds. The second-order valence-corrected chi connectivity index (χ2v) is 10.9. The quantitative estimate of drug-likeness (QED) is 0.526. The smallest absolute Gasteiger partial charge is 0.253 e. The molecule has 0 saturated carbocycles. The van der Waals surface area contributed by atoms with E-state index in [0.717, 1.165) is 23.9 Å². The Morgan fingerprint density at radius 2 is 1.91 bits per heavy atom. The molecule has 0 radical (unpaired) electrons. The molecular weight excluding hydrogens is 448 g/mol. The number of benzene rings is 2. The molecule has 0 aliphatic carbocycles. The number of rotatable bonds is 7. The van der Waals surface area contributed by atoms with E-state index in [0.29, 0.717) is 31.3 Å². The number of H-pyrrole nitrogens is 1. The number of aromatic nitrogens is 2. The van der Waals surface area contributed by atoms with E-state index in [1.165, 1.54) is 22.5 Å². The van der Waals surface area contributed by atoms with Crippen LogP contribution in [0, 0.1) is 5.92 Å². The number of halogens is 1. The van der Waals surface area contributed by atoms with E-state index in [1.54, 1.807) is 0 Å². The van der Waals surface area contributed by atoms with Crippen molar-refractivity contribution >= 4 is 38.6 Å². The standard InChI is InChI=1S/C23H27ClN4O3S/c1-15(2)13-21(22-25-19-7-3-4-8-20(19)26-22)27-23(29)17-14-16(9-10-18(17)24)32(30,31)28-11-5-6-12-28/h3-4,7-10,14-15,21H,5-6,11-13H2,1-2H3,(H,25,26)(H,27,29). The number of hydrogen-bond donors (Lipinski definition) is 2. The van der Waals surface area contributed by atoms with Crippen molar-refractivity contribution in [2.45, 2.75) is 44.0 Å². The molecule has 9 heteroatoms. The first-order valence-electron chi connectivity index (χ1n) is 10.8. The van der Waals surface area contributed by atoms with Crippen molar-refractivity contribution < 1.29 is 13.2 Å². The first-order chi connectivity index (χ1) is 15.3. The molecule has 1 fully saturated rings. The fraction of sp³-hybridized carbons (Fsp3) is 0.391. The van der Waals surface area contributed by atoms with Crippen molar-refractivity contribution in [3.05, 3.63) is 58.9 Å². The number of para-hydroxylation sites is 2. The van der Waals surface area contributed by atoms with Crippen molar-refractivity contribution in [2.24, 2.45) is 5.92 Å². The SMILES string of the molecule is CC(C)CC(NC(=O)c1cc(S(=O)(=O)N2CCCC2)ccc1Cl)c1nc2ccccc2[nH]1. The van der Waals surface area contributed by atoms with Gasteiger partial charge >= 0.3 is 0 Å². The maximum Gasteiger partial charge on any atom is 0.253 e. The number of carbonyl (C=O) groups is 1. The van der Waals surface area contributed by atoms with Gasteiger partial charge in [-0.2, -0.15) is 4.31 Å². The van der Waals surface area contributed by atoms with Crippen LogP contribution in [0.4, 0.5) is 0 Å². The second kappa shape index (κ2) is 9.21. The lowest BCUT2D eigenvalue weighted by atomic mass is 10.0. The van der Waals surface area contributed by atoms with Crippen molar-refractivity contribution in [1.29, 1.82) is 0 Å². The summed E-state index contributed by atoms with van der Waals surface area (Å²) in [5.74, 6) is 0.524. The minimum Gasteiger partial charge on any atom is -0.342 e. The van der Waals surface area contributed by atoms with Gasteiger partial charge in [-0.3, -0.25) is 4.79 Å². The fourth-order valence-corrected chi connectivity index (χ4v) is 5.75. The lowest BCUT2D eigenvalue weighted by Crippen LogP contribution is -2.31. The predicted octanol–water partition coefficient (Wildman–Crippen LogP) is 4.52. The van der Waals surface area contributed by atoms with E-state index in [1.807, 2.05) is 24.3 Å². The topological polar surface area (TPSA) is 95.2 Å². The van der Waals surface area contributed by atoms with Crippen LogP contribution in [0.1, 0.15) is 55.3 Å². The summed E-state index contributed by atoms with van der Waals surface area (Å²) in [4.78, 5) is 21.2. The number of carbonyl (C=O) groups excluding carboxylic acids is 1. The Morgan fingerprint density at radius 3 is 2.59 bits per heavy atom. The molecule has 1 aliphatic rings. The third-order valence-corrected chi connectivity index (χ3v) is 7.86. The van der Waals surface area contributed by atoms with Gasteiger partial charge in [-0.15, -0.1) is 0 Å². The summed E-state index contributed by atoms with van der Waals surface area (Å²) in [6, 6.07) is 11.6. The third kappa shape index (κ3) is 4.67. The predicted molar refractivity (Wildman–Crippen MR) is 125 cm³/mol. The van der Waals surface area contributed by atoms with Gasteiger partial charge in [-0.25, -0.2) is 13.4 Å². The number of nitrogens with zero attached hydrogens (tertiary/aromatic N) is 2. The first-order valence-corrected chi connectivity index (χ1v) is 12.6. The molecule has 1 atom stereocenters. The number of hydrogen-bond acceptors (Lipinski definition) is 4. The van der Waals surface area contributed by atoms with E-state index in [9.17, 15) is 13.2 Å². The molecule has 1 aliphatic heterocycles. The van der Waals surface area contributed by atoms with Gasteiger partial charge in [0.1, 0.15) is 5.82 Å². The van der Waals surface area contributed by atoms with E-state index in [4.69, 9.17) is 11.6 Å². The molecule has 1 unspecified atom stereocenters. The lowest BCUT2D eigenvalue weighted by molar-refractivity contribution is 0.0930. The average molecular weight is 475 g/mol. The summed E-state index contributed by atoms with van der Waals surface area (Å²) in [7, 11) is -3.65. The summed E-state index contributed by atoms with van der Waals surface area (Å²) in [6.45, 7) is 5.13. The number of imidazole rings is 1. The highest BCUT2D eigenvalue weighted by atomic mass is 35.5. The highest BCUT2D eigenvalue weighted by Crippen LogP contribution is 2.27. The maximum absolute atomic E-state index is 13.2. The molecule has 32 heavy (non-hydrogen) atoms. The van der Waals surface area contributed by atoms with Crippen molar-refractivity contribution in [1.82, 2.24) is 19.6 Å². The molecule has 0 bridgehead atoms. The summed E-state index contributed by atoms with van der Waals surface area (Å²) in [5, 5.41) is 3.21. The van der Waals surface area contributed by atoms with Crippen LogP contribution in [0.2, 0.25) is 5.02 Å². The van der Waals surface area contributed by atoms with Crippen LogP contribution < -0.4 is 5.32 Å². The van der Waals surface area contributed by atoms with Crippen LogP contribution in [0.15, 0.2) is 47.4 Å². The summed E-state index contributed by atoms with van der Waals surface area (Å²) < 4.78 is 27.3. The number of fused-ring (bicyclic) bond motifs is 1. The van der Waals surface area contributed by atoms with Gasteiger partial charge in [-0.1, -0.05) is 37.6 Å². The Labute approximate surface area is 193 Å². The van der Waals surface area contributed by atoms with Crippen molar-refractivity contribution in [3.63, 3.8) is 0 Å². The lowest BCUT2D eigenvalue weighted by Gasteiger charge is -2.20. The number of sulfonamides is 1. The van der Waals surface area contributed by atoms with E-state index in [-0.39, 0.29) is 21.5 Å². The number of amides is 1. The van der Waals surface area contributed by atoms with E-state index < -0.39 is 15.9 Å². The van der Waals surface area contributed by atoms with Crippen molar-refractivity contribution in [2.75, 3.05) is 13.1 Å². The average Bonchev–Trinajstić information content (AvgIpc) is 3.43. The molecule has 2 N–H and O–H groups in total. The van der Waals surface area contributed by atoms with E-state index >= 15 is 0 Å². The van der Waals surface area contributed by atoms with Crippen molar-refractivity contribution in [3.8, 4) is 0 Å². The van der Waals surface area contributed by atoms with Crippen LogP contribution in [-0.2, 0) is 10.0 Å². The Bertz CT molecular complexity index is 1200. The first kappa shape index (κ1) is 22.8. The Morgan fingerprint density at radius 1 is 1.19 bits per heavy atom. The Balaban J connectivity index is 1.63. The molecular formula is C23H27ClN4O3S. The van der Waals surface area contributed by atoms with Crippen LogP contribution in [0.25, 0.3) is 11.0 Å². The minimum atomic E-state index is -3.65. The number of nitrogens with one attached hydrogen (secondary N) is 2. The monoisotopic (exact) mass is 474 g/mol. The molecule has 1 saturated heterocycles. The zero-order valence-electron chi connectivity index (χ0n) is 18.1. The molecule has 0 spiro atoms. The molecule has 4 rings (SSSR count). The number of aromatic amines is 1. The van der Waals surface area contributed by atoms with Gasteiger partial charge in [-0.05, 0) is 55.5 Å². The summed E-state index contributed by atoms with van der Waals surface area (Å²) in [6.07, 6.45) is 2.35. The van der Waals surface area contributed by atoms with Gasteiger partial charge in [0.05, 0.1) is 32.6 Å². The van der Waals surface area contributed by atoms with Gasteiger partial charge in [0.25, 0.3) is 5.91 Å². The minimum absolute atomic E-state index is 0.0816. The molecule has 2 aromatic carbocycles. The highest BCUT2D eigenvalue weighted by molar-refractivity contribution is 7.89. The molecule has 2 heterocycles.